The fourth-order valence-corrected chi connectivity index (χ4v) is 11.3. The van der Waals surface area contributed by atoms with Crippen LogP contribution in [0.2, 0.25) is 0 Å². The van der Waals surface area contributed by atoms with Crippen LogP contribution in [0.1, 0.15) is 37.8 Å². The number of para-hydroxylation sites is 4. The maximum Gasteiger partial charge on any atom is 0.0641 e. The van der Waals surface area contributed by atoms with E-state index in [0.717, 1.165) is 48.4 Å². The summed E-state index contributed by atoms with van der Waals surface area (Å²) in [6.45, 7) is 4.59. The molecule has 0 aliphatic rings. The Kier molecular flexibility index (Phi) is 8.26. The van der Waals surface area contributed by atoms with Crippen LogP contribution in [-0.2, 0) is 12.8 Å². The van der Waals surface area contributed by atoms with Gasteiger partial charge in [0, 0.05) is 65.8 Å². The smallest absolute Gasteiger partial charge is 0.0641 e. The van der Waals surface area contributed by atoms with Crippen LogP contribution in [0.4, 0.5) is 34.1 Å². The Morgan fingerprint density at radius 3 is 1.03 bits per heavy atom. The standard InChI is InChI=1S/C60H46N4/c1-3-19-39-21-17-31-49-55(39)57-51(61(41-23-9-5-10-24-41)42-25-11-6-12-26-42)35-33-45-47-38-54-48(37-53(47)63(49)59(45)57)46-34-36-52(62(43-27-13-7-14-28-43)44-29-15-8-16-30-44)58-56-40(20-4-2)22-18-32-50(56)64(54)60(46)58/h5-18,21-38H,3-4,19-20H2,1-2H3. The molecule has 306 valence electrons. The summed E-state index contributed by atoms with van der Waals surface area (Å²) in [5.41, 5.74) is 17.4. The van der Waals surface area contributed by atoms with E-state index in [4.69, 9.17) is 0 Å². The first-order chi connectivity index (χ1) is 31.7. The molecule has 0 radical (unpaired) electrons. The minimum Gasteiger partial charge on any atom is -0.310 e. The zero-order valence-electron chi connectivity index (χ0n) is 36.1. The highest BCUT2D eigenvalue weighted by Gasteiger charge is 2.29. The predicted octanol–water partition coefficient (Wildman–Crippen LogP) is 16.8. The lowest BCUT2D eigenvalue weighted by Crippen LogP contribution is -2.10. The zero-order chi connectivity index (χ0) is 42.5. The Morgan fingerprint density at radius 1 is 0.328 bits per heavy atom. The van der Waals surface area contributed by atoms with Crippen LogP contribution in [-0.4, -0.2) is 8.80 Å². The Morgan fingerprint density at radius 2 is 0.688 bits per heavy atom. The van der Waals surface area contributed by atoms with Gasteiger partial charge in [0.2, 0.25) is 0 Å². The highest BCUT2D eigenvalue weighted by Crippen LogP contribution is 2.52. The van der Waals surface area contributed by atoms with Crippen LogP contribution in [0.5, 0.6) is 0 Å². The van der Waals surface area contributed by atoms with Gasteiger partial charge in [-0.3, -0.25) is 0 Å². The van der Waals surface area contributed by atoms with E-state index in [1.807, 2.05) is 0 Å². The van der Waals surface area contributed by atoms with E-state index < -0.39 is 0 Å². The van der Waals surface area contributed by atoms with Crippen molar-refractivity contribution in [1.29, 1.82) is 0 Å². The molecule has 4 aromatic heterocycles. The van der Waals surface area contributed by atoms with E-state index in [0.29, 0.717) is 0 Å². The molecule has 0 fully saturated rings. The van der Waals surface area contributed by atoms with Crippen molar-refractivity contribution in [3.63, 3.8) is 0 Å². The van der Waals surface area contributed by atoms with Crippen LogP contribution < -0.4 is 9.80 Å². The monoisotopic (exact) mass is 822 g/mol. The van der Waals surface area contributed by atoms with Crippen LogP contribution in [0.3, 0.4) is 0 Å². The maximum absolute atomic E-state index is 2.59. The molecule has 0 aliphatic heterocycles. The molecular formula is C60H46N4. The fourth-order valence-electron chi connectivity index (χ4n) is 11.3. The number of nitrogens with zero attached hydrogens (tertiary/aromatic N) is 4. The highest BCUT2D eigenvalue weighted by molar-refractivity contribution is 6.32. The normalized spacial score (nSPS) is 12.2. The lowest BCUT2D eigenvalue weighted by molar-refractivity contribution is 0.930. The van der Waals surface area contributed by atoms with Crippen LogP contribution >= 0.6 is 0 Å². The van der Waals surface area contributed by atoms with Gasteiger partial charge in [-0.05, 0) is 109 Å². The molecule has 0 N–H and O–H groups in total. The number of benzene rings is 9. The van der Waals surface area contributed by atoms with Crippen molar-refractivity contribution < 1.29 is 0 Å². The topological polar surface area (TPSA) is 15.3 Å². The maximum atomic E-state index is 2.59. The van der Waals surface area contributed by atoms with Gasteiger partial charge in [-0.25, -0.2) is 0 Å². The van der Waals surface area contributed by atoms with Gasteiger partial charge in [-0.2, -0.15) is 0 Å². The second kappa shape index (κ2) is 14.4. The molecule has 0 bridgehead atoms. The van der Waals surface area contributed by atoms with Crippen molar-refractivity contribution in [2.24, 2.45) is 0 Å². The van der Waals surface area contributed by atoms with Crippen molar-refractivity contribution in [3.05, 3.63) is 205 Å². The zero-order valence-corrected chi connectivity index (χ0v) is 36.1. The molecule has 0 spiro atoms. The Bertz CT molecular complexity index is 3510. The minimum absolute atomic E-state index is 1.02. The molecular weight excluding hydrogens is 777 g/mol. The summed E-state index contributed by atoms with van der Waals surface area (Å²) in [7, 11) is 0. The van der Waals surface area contributed by atoms with Gasteiger partial charge in [-0.15, -0.1) is 0 Å². The van der Waals surface area contributed by atoms with Crippen molar-refractivity contribution in [3.8, 4) is 0 Å². The molecule has 0 amide bonds. The first-order valence-electron chi connectivity index (χ1n) is 22.9. The summed E-state index contributed by atoms with van der Waals surface area (Å²) < 4.78 is 5.19. The number of rotatable bonds is 10. The van der Waals surface area contributed by atoms with Crippen LogP contribution in [0.15, 0.2) is 194 Å². The minimum atomic E-state index is 1.02. The van der Waals surface area contributed by atoms with E-state index in [1.54, 1.807) is 0 Å². The molecule has 4 nitrogen and oxygen atoms in total. The number of anilines is 6. The van der Waals surface area contributed by atoms with E-state index in [2.05, 4.69) is 227 Å². The van der Waals surface area contributed by atoms with Crippen LogP contribution in [0, 0.1) is 0 Å². The molecule has 0 saturated heterocycles. The van der Waals surface area contributed by atoms with Crippen molar-refractivity contribution in [1.82, 2.24) is 8.80 Å². The summed E-state index contributed by atoms with van der Waals surface area (Å²) in [4.78, 5) is 4.90. The highest BCUT2D eigenvalue weighted by atomic mass is 15.2. The van der Waals surface area contributed by atoms with Gasteiger partial charge in [0.25, 0.3) is 0 Å². The fraction of sp³-hybridized carbons (Fsp3) is 0.100. The summed E-state index contributed by atoms with van der Waals surface area (Å²) in [5, 5.41) is 10.5. The Balaban J connectivity index is 1.17. The average Bonchev–Trinajstić information content (AvgIpc) is 4.08. The molecule has 4 heterocycles. The lowest BCUT2D eigenvalue weighted by atomic mass is 9.98. The first-order valence-corrected chi connectivity index (χ1v) is 22.9. The molecule has 64 heavy (non-hydrogen) atoms. The lowest BCUT2D eigenvalue weighted by Gasteiger charge is -2.26. The third-order valence-electron chi connectivity index (χ3n) is 13.8. The number of hydrogen-bond donors (Lipinski definition) is 0. The van der Waals surface area contributed by atoms with E-state index in [-0.39, 0.29) is 0 Å². The third-order valence-corrected chi connectivity index (χ3v) is 13.8. The molecule has 0 unspecified atom stereocenters. The number of fused-ring (bicyclic) bond motifs is 12. The average molecular weight is 823 g/mol. The molecule has 13 aromatic rings. The molecule has 4 heteroatoms. The van der Waals surface area contributed by atoms with Gasteiger partial charge < -0.3 is 18.6 Å². The van der Waals surface area contributed by atoms with Crippen molar-refractivity contribution in [2.45, 2.75) is 39.5 Å². The molecule has 9 aromatic carbocycles. The van der Waals surface area contributed by atoms with Gasteiger partial charge in [0.05, 0.1) is 44.5 Å². The van der Waals surface area contributed by atoms with Crippen molar-refractivity contribution in [2.75, 3.05) is 9.80 Å². The van der Waals surface area contributed by atoms with Gasteiger partial charge >= 0.3 is 0 Å². The van der Waals surface area contributed by atoms with Gasteiger partial charge in [-0.1, -0.05) is 136 Å². The van der Waals surface area contributed by atoms with Gasteiger partial charge in [0.1, 0.15) is 0 Å². The molecule has 0 saturated carbocycles. The van der Waals surface area contributed by atoms with E-state index in [9.17, 15) is 0 Å². The largest absolute Gasteiger partial charge is 0.310 e. The third kappa shape index (κ3) is 5.17. The summed E-state index contributed by atoms with van der Waals surface area (Å²) in [6.07, 6.45) is 4.19. The van der Waals surface area contributed by atoms with Gasteiger partial charge in [0.15, 0.2) is 0 Å². The number of hydrogen-bond acceptors (Lipinski definition) is 2. The second-order valence-electron chi connectivity index (χ2n) is 17.4. The Labute approximate surface area is 372 Å². The van der Waals surface area contributed by atoms with Crippen molar-refractivity contribution >= 4 is 110 Å². The molecule has 13 rings (SSSR count). The molecule has 0 aliphatic carbocycles. The van der Waals surface area contributed by atoms with Crippen LogP contribution in [0.25, 0.3) is 76.2 Å². The van der Waals surface area contributed by atoms with E-state index >= 15 is 0 Å². The second-order valence-corrected chi connectivity index (χ2v) is 17.4. The summed E-state index contributed by atoms with van der Waals surface area (Å²) in [6, 6.07) is 71.9. The Hall–Kier alpha value is -7.82. The summed E-state index contributed by atoms with van der Waals surface area (Å²) in [5.74, 6) is 0. The molecule has 0 atom stereocenters. The quantitative estimate of drug-likeness (QED) is 0.137. The number of aryl methyl sites for hydroxylation is 2. The number of aromatic nitrogens is 2. The SMILES string of the molecule is CCCc1cccc2c1c1c(N(c3ccccc3)c3ccccc3)ccc3c4cc5c(cc4n2c31)c1ccc(N(c2ccccc2)c2ccccc2)c2c3c(CCC)cccc3n5c12. The first kappa shape index (κ1) is 36.8. The summed E-state index contributed by atoms with van der Waals surface area (Å²) >= 11 is 0. The predicted molar refractivity (Wildman–Crippen MR) is 273 cm³/mol. The van der Waals surface area contributed by atoms with E-state index in [1.165, 1.54) is 98.7 Å².